The molecule has 1 aliphatic heterocycles. The standard InChI is InChI=1S/C22H16N2O5S/c25-20(23-22-24(27)18-11-4-5-12-19(18)30(22,28)29)14-15-7-6-10-17(13-15)21(26)16-8-2-1-3-9-16/h1-13,27H,14H2. The van der Waals surface area contributed by atoms with E-state index in [0.717, 1.165) is 0 Å². The fraction of sp³-hybridized carbons (Fsp3) is 0.0455. The summed E-state index contributed by atoms with van der Waals surface area (Å²) in [4.78, 5) is 28.5. The van der Waals surface area contributed by atoms with Gasteiger partial charge in [-0.3, -0.25) is 14.8 Å². The number of para-hydroxylation sites is 1. The number of sulfone groups is 1. The summed E-state index contributed by atoms with van der Waals surface area (Å²) >= 11 is 0. The molecule has 1 amide bonds. The third kappa shape index (κ3) is 3.54. The van der Waals surface area contributed by atoms with Gasteiger partial charge in [0.2, 0.25) is 9.84 Å². The number of benzene rings is 3. The molecule has 0 atom stereocenters. The van der Waals surface area contributed by atoms with E-state index in [1.165, 1.54) is 18.2 Å². The number of fused-ring (bicyclic) bond motifs is 1. The predicted molar refractivity (Wildman–Crippen MR) is 110 cm³/mol. The van der Waals surface area contributed by atoms with Gasteiger partial charge >= 0.3 is 0 Å². The van der Waals surface area contributed by atoms with Gasteiger partial charge in [-0.2, -0.15) is 10.1 Å². The number of amides is 1. The Bertz CT molecular complexity index is 1280. The molecule has 0 bridgehead atoms. The van der Waals surface area contributed by atoms with Gasteiger partial charge in [-0.25, -0.2) is 8.42 Å². The van der Waals surface area contributed by atoms with Crippen LogP contribution in [0.3, 0.4) is 0 Å². The van der Waals surface area contributed by atoms with E-state index >= 15 is 0 Å². The summed E-state index contributed by atoms with van der Waals surface area (Å²) in [5, 5.41) is 9.83. The van der Waals surface area contributed by atoms with Crippen LogP contribution in [-0.4, -0.2) is 30.5 Å². The SMILES string of the molecule is O=C(Cc1cccc(C(=O)c2ccccc2)c1)N=C1N(O)c2ccccc2S1(=O)=O. The summed E-state index contributed by atoms with van der Waals surface area (Å²) < 4.78 is 25.1. The predicted octanol–water partition coefficient (Wildman–Crippen LogP) is 3.03. The molecule has 0 aromatic heterocycles. The van der Waals surface area contributed by atoms with Crippen molar-refractivity contribution < 1.29 is 23.2 Å². The Morgan fingerprint density at radius 1 is 0.867 bits per heavy atom. The highest BCUT2D eigenvalue weighted by atomic mass is 32.2. The number of carbonyl (C=O) groups is 2. The first kappa shape index (κ1) is 19.7. The van der Waals surface area contributed by atoms with Crippen LogP contribution in [0.25, 0.3) is 0 Å². The molecule has 0 unspecified atom stereocenters. The van der Waals surface area contributed by atoms with E-state index in [2.05, 4.69) is 4.99 Å². The van der Waals surface area contributed by atoms with E-state index in [-0.39, 0.29) is 22.8 Å². The first-order valence-electron chi connectivity index (χ1n) is 9.01. The number of ketones is 1. The fourth-order valence-electron chi connectivity index (χ4n) is 3.18. The van der Waals surface area contributed by atoms with Crippen LogP contribution in [0.4, 0.5) is 5.69 Å². The van der Waals surface area contributed by atoms with E-state index in [4.69, 9.17) is 0 Å². The van der Waals surface area contributed by atoms with Crippen LogP contribution in [0.2, 0.25) is 0 Å². The maximum Gasteiger partial charge on any atom is 0.260 e. The lowest BCUT2D eigenvalue weighted by Gasteiger charge is -2.08. The Morgan fingerprint density at radius 2 is 1.53 bits per heavy atom. The van der Waals surface area contributed by atoms with Crippen LogP contribution in [0.5, 0.6) is 0 Å². The van der Waals surface area contributed by atoms with Gasteiger partial charge in [-0.15, -0.1) is 0 Å². The fourth-order valence-corrected chi connectivity index (χ4v) is 4.61. The second-order valence-corrected chi connectivity index (χ2v) is 8.46. The largest absolute Gasteiger partial charge is 0.289 e. The van der Waals surface area contributed by atoms with Gasteiger partial charge in [0.25, 0.3) is 11.1 Å². The zero-order valence-corrected chi connectivity index (χ0v) is 16.4. The molecule has 4 rings (SSSR count). The monoisotopic (exact) mass is 420 g/mol. The summed E-state index contributed by atoms with van der Waals surface area (Å²) in [5.74, 6) is -0.948. The number of hydroxylamine groups is 1. The van der Waals surface area contributed by atoms with E-state index < -0.39 is 20.9 Å². The molecule has 1 aliphatic rings. The maximum atomic E-state index is 12.6. The van der Waals surface area contributed by atoms with Crippen LogP contribution < -0.4 is 5.06 Å². The van der Waals surface area contributed by atoms with Crippen LogP contribution in [0, 0.1) is 0 Å². The zero-order chi connectivity index (χ0) is 21.3. The van der Waals surface area contributed by atoms with Crippen LogP contribution >= 0.6 is 0 Å². The average molecular weight is 420 g/mol. The van der Waals surface area contributed by atoms with E-state index in [9.17, 15) is 23.2 Å². The maximum absolute atomic E-state index is 12.6. The van der Waals surface area contributed by atoms with Gasteiger partial charge in [0.1, 0.15) is 4.90 Å². The van der Waals surface area contributed by atoms with Crippen molar-refractivity contribution in [3.05, 3.63) is 95.6 Å². The second-order valence-electron chi connectivity index (χ2n) is 6.64. The zero-order valence-electron chi connectivity index (χ0n) is 15.6. The highest BCUT2D eigenvalue weighted by molar-refractivity contribution is 8.07. The minimum atomic E-state index is -4.09. The lowest BCUT2D eigenvalue weighted by molar-refractivity contribution is -0.117. The van der Waals surface area contributed by atoms with E-state index in [1.807, 2.05) is 6.07 Å². The average Bonchev–Trinajstić information content (AvgIpc) is 2.95. The smallest absolute Gasteiger partial charge is 0.260 e. The molecule has 0 saturated carbocycles. The van der Waals surface area contributed by atoms with Gasteiger partial charge < -0.3 is 0 Å². The third-order valence-corrected chi connectivity index (χ3v) is 6.27. The Hall–Kier alpha value is -3.62. The van der Waals surface area contributed by atoms with Gasteiger partial charge in [-0.1, -0.05) is 60.7 Å². The number of aliphatic imine (C=N–C) groups is 1. The van der Waals surface area contributed by atoms with E-state index in [0.29, 0.717) is 21.8 Å². The molecule has 0 aliphatic carbocycles. The summed E-state index contributed by atoms with van der Waals surface area (Å²) in [6.07, 6.45) is -0.223. The number of carbonyl (C=O) groups excluding carboxylic acids is 2. The lowest BCUT2D eigenvalue weighted by Crippen LogP contribution is -2.28. The lowest BCUT2D eigenvalue weighted by atomic mass is 10.0. The first-order chi connectivity index (χ1) is 14.4. The van der Waals surface area contributed by atoms with Crippen molar-refractivity contribution in [3.63, 3.8) is 0 Å². The van der Waals surface area contributed by atoms with Crippen molar-refractivity contribution in [3.8, 4) is 0 Å². The van der Waals surface area contributed by atoms with E-state index in [1.54, 1.807) is 54.6 Å². The molecule has 1 heterocycles. The molecular weight excluding hydrogens is 404 g/mol. The van der Waals surface area contributed by atoms with Crippen molar-refractivity contribution in [2.24, 2.45) is 4.99 Å². The van der Waals surface area contributed by atoms with Crippen LogP contribution in [0.1, 0.15) is 21.5 Å². The summed E-state index contributed by atoms with van der Waals surface area (Å²) in [5.41, 5.74) is 1.47. The second kappa shape index (κ2) is 7.66. The topological polar surface area (TPSA) is 104 Å². The van der Waals surface area contributed by atoms with Crippen molar-refractivity contribution in [2.75, 3.05) is 5.06 Å². The number of rotatable bonds is 4. The molecule has 7 nitrogen and oxygen atoms in total. The normalized spacial score (nSPS) is 15.8. The van der Waals surface area contributed by atoms with Gasteiger partial charge in [0.15, 0.2) is 5.78 Å². The highest BCUT2D eigenvalue weighted by Gasteiger charge is 2.40. The number of hydrogen-bond donors (Lipinski definition) is 1. The molecule has 150 valence electrons. The van der Waals surface area contributed by atoms with Crippen LogP contribution in [-0.2, 0) is 21.1 Å². The van der Waals surface area contributed by atoms with Crippen molar-refractivity contribution in [1.82, 2.24) is 0 Å². The molecule has 0 fully saturated rings. The molecule has 0 spiro atoms. The van der Waals surface area contributed by atoms with Crippen molar-refractivity contribution in [1.29, 1.82) is 0 Å². The summed E-state index contributed by atoms with van der Waals surface area (Å²) in [6.45, 7) is 0. The summed E-state index contributed by atoms with van der Waals surface area (Å²) in [6, 6.07) is 21.1. The minimum absolute atomic E-state index is 0.0412. The Morgan fingerprint density at radius 3 is 2.27 bits per heavy atom. The molecule has 3 aromatic rings. The number of amidine groups is 1. The Labute approximate surface area is 172 Å². The Balaban J connectivity index is 1.58. The van der Waals surface area contributed by atoms with Crippen LogP contribution in [0.15, 0.2) is 88.8 Å². The molecule has 1 N–H and O–H groups in total. The third-order valence-electron chi connectivity index (χ3n) is 4.61. The number of anilines is 1. The quantitative estimate of drug-likeness (QED) is 0.651. The minimum Gasteiger partial charge on any atom is -0.289 e. The molecule has 3 aromatic carbocycles. The van der Waals surface area contributed by atoms with Gasteiger partial charge in [0, 0.05) is 11.1 Å². The molecule has 0 radical (unpaired) electrons. The van der Waals surface area contributed by atoms with Gasteiger partial charge in [-0.05, 0) is 23.8 Å². The molecular formula is C22H16N2O5S. The summed E-state index contributed by atoms with van der Waals surface area (Å²) in [7, 11) is -4.09. The molecule has 8 heteroatoms. The Kier molecular flexibility index (Phi) is 5.03. The number of hydrogen-bond acceptors (Lipinski definition) is 5. The van der Waals surface area contributed by atoms with Crippen molar-refractivity contribution >= 4 is 32.4 Å². The van der Waals surface area contributed by atoms with Crippen molar-refractivity contribution in [2.45, 2.75) is 11.3 Å². The molecule has 30 heavy (non-hydrogen) atoms. The first-order valence-corrected chi connectivity index (χ1v) is 10.5. The number of nitrogens with zero attached hydrogens (tertiary/aromatic N) is 2. The van der Waals surface area contributed by atoms with Gasteiger partial charge in [0.05, 0.1) is 12.1 Å². The molecule has 0 saturated heterocycles. The highest BCUT2D eigenvalue weighted by Crippen LogP contribution is 2.34.